The predicted molar refractivity (Wildman–Crippen MR) is 73.8 cm³/mol. The van der Waals surface area contributed by atoms with Crippen LogP contribution in [0, 0.1) is 5.82 Å². The van der Waals surface area contributed by atoms with Gasteiger partial charge in [-0.1, -0.05) is 6.07 Å². The van der Waals surface area contributed by atoms with Gasteiger partial charge in [0, 0.05) is 11.8 Å². The number of aromatic nitrogens is 4. The van der Waals surface area contributed by atoms with Gasteiger partial charge in [-0.05, 0) is 36.4 Å². The number of hydrogen-bond acceptors (Lipinski definition) is 5. The summed E-state index contributed by atoms with van der Waals surface area (Å²) in [5.74, 6) is -0.706. The SMILES string of the molecule is Nc1nc(-c2ccccn2)nn1C(=O)c1ccc(F)cc1. The van der Waals surface area contributed by atoms with Crippen LogP contribution in [0.5, 0.6) is 0 Å². The normalized spacial score (nSPS) is 10.5. The van der Waals surface area contributed by atoms with E-state index in [4.69, 9.17) is 5.73 Å². The molecule has 2 N–H and O–H groups in total. The molecular weight excluding hydrogens is 273 g/mol. The Kier molecular flexibility index (Phi) is 3.15. The van der Waals surface area contributed by atoms with Crippen molar-refractivity contribution in [2.45, 2.75) is 0 Å². The quantitative estimate of drug-likeness (QED) is 0.774. The van der Waals surface area contributed by atoms with Crippen molar-refractivity contribution in [3.8, 4) is 11.5 Å². The van der Waals surface area contributed by atoms with Gasteiger partial charge >= 0.3 is 0 Å². The van der Waals surface area contributed by atoms with E-state index in [1.165, 1.54) is 24.3 Å². The zero-order valence-corrected chi connectivity index (χ0v) is 10.8. The van der Waals surface area contributed by atoms with Crippen LogP contribution >= 0.6 is 0 Å². The molecule has 2 aromatic heterocycles. The number of nitrogens with zero attached hydrogens (tertiary/aromatic N) is 4. The number of pyridine rings is 1. The predicted octanol–water partition coefficient (Wildman–Crippen LogP) is 1.75. The van der Waals surface area contributed by atoms with Gasteiger partial charge in [0.05, 0.1) is 0 Å². The Morgan fingerprint density at radius 2 is 1.90 bits per heavy atom. The van der Waals surface area contributed by atoms with E-state index in [0.717, 1.165) is 4.68 Å². The van der Waals surface area contributed by atoms with E-state index in [2.05, 4.69) is 15.1 Å². The second-order valence-electron chi connectivity index (χ2n) is 4.23. The van der Waals surface area contributed by atoms with Gasteiger partial charge in [-0.15, -0.1) is 5.10 Å². The minimum Gasteiger partial charge on any atom is -0.368 e. The number of nitrogen functional groups attached to an aromatic ring is 1. The molecule has 0 saturated heterocycles. The van der Waals surface area contributed by atoms with Crippen molar-refractivity contribution in [3.63, 3.8) is 0 Å². The third kappa shape index (κ3) is 2.48. The fraction of sp³-hybridized carbons (Fsp3) is 0. The van der Waals surface area contributed by atoms with E-state index < -0.39 is 11.7 Å². The number of benzene rings is 1. The van der Waals surface area contributed by atoms with Crippen LogP contribution in [0.15, 0.2) is 48.7 Å². The van der Waals surface area contributed by atoms with Gasteiger partial charge < -0.3 is 5.73 Å². The molecule has 0 unspecified atom stereocenters. The molecule has 1 aromatic carbocycles. The molecule has 0 radical (unpaired) electrons. The molecule has 104 valence electrons. The lowest BCUT2D eigenvalue weighted by Gasteiger charge is -2.01. The molecule has 0 spiro atoms. The summed E-state index contributed by atoms with van der Waals surface area (Å²) in [7, 11) is 0. The molecule has 0 aliphatic rings. The van der Waals surface area contributed by atoms with E-state index in [1.54, 1.807) is 24.4 Å². The minimum absolute atomic E-state index is 0.0509. The smallest absolute Gasteiger partial charge is 0.281 e. The molecule has 2 heterocycles. The first-order valence-electron chi connectivity index (χ1n) is 6.09. The van der Waals surface area contributed by atoms with Crippen molar-refractivity contribution in [3.05, 3.63) is 60.0 Å². The Morgan fingerprint density at radius 3 is 2.57 bits per heavy atom. The Bertz CT molecular complexity index is 783. The van der Waals surface area contributed by atoms with Crippen LogP contribution in [0.2, 0.25) is 0 Å². The van der Waals surface area contributed by atoms with Crippen LogP contribution < -0.4 is 5.73 Å². The van der Waals surface area contributed by atoms with Crippen molar-refractivity contribution >= 4 is 11.9 Å². The average molecular weight is 283 g/mol. The van der Waals surface area contributed by atoms with Crippen molar-refractivity contribution < 1.29 is 9.18 Å². The summed E-state index contributed by atoms with van der Waals surface area (Å²) < 4.78 is 13.8. The Balaban J connectivity index is 1.98. The van der Waals surface area contributed by atoms with E-state index in [-0.39, 0.29) is 17.3 Å². The fourth-order valence-corrected chi connectivity index (χ4v) is 1.79. The molecule has 3 rings (SSSR count). The maximum atomic E-state index is 12.9. The summed E-state index contributed by atoms with van der Waals surface area (Å²) in [6.07, 6.45) is 1.59. The summed E-state index contributed by atoms with van der Waals surface area (Å²) in [5.41, 5.74) is 6.49. The molecule has 0 saturated carbocycles. The van der Waals surface area contributed by atoms with E-state index in [1.807, 2.05) is 0 Å². The lowest BCUT2D eigenvalue weighted by molar-refractivity contribution is 0.0948. The maximum absolute atomic E-state index is 12.9. The number of hydrogen-bond donors (Lipinski definition) is 1. The molecule has 0 atom stereocenters. The van der Waals surface area contributed by atoms with Crippen LogP contribution in [0.4, 0.5) is 10.3 Å². The van der Waals surface area contributed by atoms with Crippen LogP contribution in [0.3, 0.4) is 0 Å². The molecular formula is C14H10FN5O. The van der Waals surface area contributed by atoms with Crippen LogP contribution in [0.25, 0.3) is 11.5 Å². The van der Waals surface area contributed by atoms with Crippen molar-refractivity contribution in [2.24, 2.45) is 0 Å². The Morgan fingerprint density at radius 1 is 1.14 bits per heavy atom. The lowest BCUT2D eigenvalue weighted by atomic mass is 10.2. The minimum atomic E-state index is -0.484. The van der Waals surface area contributed by atoms with Gasteiger partial charge in [0.2, 0.25) is 11.8 Å². The molecule has 3 aromatic rings. The number of halogens is 1. The largest absolute Gasteiger partial charge is 0.368 e. The maximum Gasteiger partial charge on any atom is 0.281 e. The Hall–Kier alpha value is -3.09. The zero-order valence-electron chi connectivity index (χ0n) is 10.8. The molecule has 21 heavy (non-hydrogen) atoms. The monoisotopic (exact) mass is 283 g/mol. The number of carbonyl (C=O) groups excluding carboxylic acids is 1. The van der Waals surface area contributed by atoms with Gasteiger partial charge in [0.25, 0.3) is 5.91 Å². The van der Waals surface area contributed by atoms with E-state index >= 15 is 0 Å². The van der Waals surface area contributed by atoms with Crippen molar-refractivity contribution in [2.75, 3.05) is 5.73 Å². The number of carbonyl (C=O) groups is 1. The van der Waals surface area contributed by atoms with Crippen molar-refractivity contribution in [1.82, 2.24) is 19.7 Å². The van der Waals surface area contributed by atoms with Gasteiger partial charge in [-0.3, -0.25) is 9.78 Å². The molecule has 7 heteroatoms. The topological polar surface area (TPSA) is 86.7 Å². The van der Waals surface area contributed by atoms with Crippen LogP contribution in [0.1, 0.15) is 10.4 Å². The highest BCUT2D eigenvalue weighted by molar-refractivity contribution is 5.96. The Labute approximate surface area is 119 Å². The number of anilines is 1. The highest BCUT2D eigenvalue weighted by Crippen LogP contribution is 2.15. The summed E-state index contributed by atoms with van der Waals surface area (Å²) in [4.78, 5) is 20.4. The highest BCUT2D eigenvalue weighted by atomic mass is 19.1. The van der Waals surface area contributed by atoms with Gasteiger partial charge in [-0.25, -0.2) is 4.39 Å². The highest BCUT2D eigenvalue weighted by Gasteiger charge is 2.17. The molecule has 0 amide bonds. The number of rotatable bonds is 2. The second-order valence-corrected chi connectivity index (χ2v) is 4.23. The molecule has 0 bridgehead atoms. The summed E-state index contributed by atoms with van der Waals surface area (Å²) in [6, 6.07) is 10.4. The first-order chi connectivity index (χ1) is 10.1. The molecule has 0 aliphatic carbocycles. The van der Waals surface area contributed by atoms with Gasteiger partial charge in [0.15, 0.2) is 0 Å². The first-order valence-corrected chi connectivity index (χ1v) is 6.09. The molecule has 0 aliphatic heterocycles. The van der Waals surface area contributed by atoms with Crippen LogP contribution in [-0.2, 0) is 0 Å². The molecule has 0 fully saturated rings. The zero-order chi connectivity index (χ0) is 14.8. The van der Waals surface area contributed by atoms with Crippen molar-refractivity contribution in [1.29, 1.82) is 0 Å². The van der Waals surface area contributed by atoms with Gasteiger partial charge in [0.1, 0.15) is 11.5 Å². The van der Waals surface area contributed by atoms with E-state index in [0.29, 0.717) is 5.69 Å². The summed E-state index contributed by atoms with van der Waals surface area (Å²) >= 11 is 0. The second kappa shape index (κ2) is 5.12. The lowest BCUT2D eigenvalue weighted by Crippen LogP contribution is -2.16. The fourth-order valence-electron chi connectivity index (χ4n) is 1.79. The number of nitrogens with two attached hydrogens (primary N) is 1. The summed E-state index contributed by atoms with van der Waals surface area (Å²) in [5, 5.41) is 4.05. The molecule has 6 nitrogen and oxygen atoms in total. The van der Waals surface area contributed by atoms with Gasteiger partial charge in [-0.2, -0.15) is 9.67 Å². The third-order valence-corrected chi connectivity index (χ3v) is 2.81. The van der Waals surface area contributed by atoms with E-state index in [9.17, 15) is 9.18 Å². The average Bonchev–Trinajstić information content (AvgIpc) is 2.90. The first kappa shape index (κ1) is 12.9. The summed E-state index contributed by atoms with van der Waals surface area (Å²) in [6.45, 7) is 0. The van der Waals surface area contributed by atoms with Crippen LogP contribution in [-0.4, -0.2) is 25.7 Å². The third-order valence-electron chi connectivity index (χ3n) is 2.81. The standard InChI is InChI=1S/C14H10FN5O/c15-10-6-4-9(5-7-10)13(21)20-14(16)18-12(19-20)11-3-1-2-8-17-11/h1-8H,(H2,16,18,19).